The number of ether oxygens (including phenoxy) is 1. The van der Waals surface area contributed by atoms with Gasteiger partial charge in [-0.25, -0.2) is 0 Å². The number of ketones is 1. The third-order valence-electron chi connectivity index (χ3n) is 3.90. The Hall–Kier alpha value is -1.50. The van der Waals surface area contributed by atoms with E-state index in [0.29, 0.717) is 21.9 Å². The molecule has 0 saturated carbocycles. The predicted molar refractivity (Wildman–Crippen MR) is 114 cm³/mol. The summed E-state index contributed by atoms with van der Waals surface area (Å²) in [6.45, 7) is 3.42. The van der Waals surface area contributed by atoms with Crippen molar-refractivity contribution in [2.45, 2.75) is 25.8 Å². The standard InChI is InChI=1S/C19H19Cl3N2O3.ClH/c1-19(2,12-17(25)13-7-9-15(20)10-8-13)24(22)23(21)18(26)14-5-4-6-16(11-14)27-3;/h4-11H,12H2,1-3H3;1H. The Balaban J connectivity index is 0.00000392. The van der Waals surface area contributed by atoms with Crippen molar-refractivity contribution >= 4 is 59.3 Å². The number of methoxy groups -OCH3 is 1. The number of carbonyl (C=O) groups excluding carboxylic acids is 2. The molecule has 0 aliphatic carbocycles. The van der Waals surface area contributed by atoms with Gasteiger partial charge < -0.3 is 4.74 Å². The van der Waals surface area contributed by atoms with Gasteiger partial charge in [0.2, 0.25) is 0 Å². The zero-order chi connectivity index (χ0) is 20.2. The van der Waals surface area contributed by atoms with Gasteiger partial charge in [0.05, 0.1) is 12.6 Å². The highest BCUT2D eigenvalue weighted by atomic mass is 35.5. The molecule has 0 atom stereocenters. The summed E-state index contributed by atoms with van der Waals surface area (Å²) in [6.07, 6.45) is 0.0345. The number of benzene rings is 2. The molecule has 0 unspecified atom stereocenters. The van der Waals surface area contributed by atoms with Crippen molar-refractivity contribution in [3.63, 3.8) is 0 Å². The molecule has 5 nitrogen and oxygen atoms in total. The first-order valence-corrected chi connectivity index (χ1v) is 9.10. The van der Waals surface area contributed by atoms with Crippen molar-refractivity contribution in [1.29, 1.82) is 0 Å². The molecule has 0 heterocycles. The Morgan fingerprint density at radius 3 is 2.21 bits per heavy atom. The lowest BCUT2D eigenvalue weighted by Gasteiger charge is -2.35. The van der Waals surface area contributed by atoms with Gasteiger partial charge in [-0.2, -0.15) is 4.53 Å². The summed E-state index contributed by atoms with van der Waals surface area (Å²) >= 11 is 18.3. The van der Waals surface area contributed by atoms with Crippen LogP contribution in [0.2, 0.25) is 5.02 Å². The lowest BCUT2D eigenvalue weighted by molar-refractivity contribution is 0.0374. The minimum absolute atomic E-state index is 0. The zero-order valence-electron chi connectivity index (χ0n) is 15.5. The second-order valence-electron chi connectivity index (χ2n) is 6.48. The highest BCUT2D eigenvalue weighted by Gasteiger charge is 2.35. The number of halogens is 4. The molecular formula is C19H20Cl4N2O3. The molecule has 2 rings (SSSR count). The van der Waals surface area contributed by atoms with Crippen molar-refractivity contribution in [3.05, 3.63) is 64.7 Å². The monoisotopic (exact) mass is 464 g/mol. The zero-order valence-corrected chi connectivity index (χ0v) is 18.6. The Morgan fingerprint density at radius 1 is 1.04 bits per heavy atom. The molecule has 0 saturated heterocycles. The normalized spacial score (nSPS) is 11.0. The maximum Gasteiger partial charge on any atom is 0.284 e. The van der Waals surface area contributed by atoms with Gasteiger partial charge in [0.25, 0.3) is 5.91 Å². The lowest BCUT2D eigenvalue weighted by Crippen LogP contribution is -2.48. The van der Waals surface area contributed by atoms with Gasteiger partial charge in [0.15, 0.2) is 5.78 Å². The van der Waals surface area contributed by atoms with Crippen molar-refractivity contribution in [3.8, 4) is 5.75 Å². The largest absolute Gasteiger partial charge is 0.497 e. The molecule has 0 fully saturated rings. The van der Waals surface area contributed by atoms with Gasteiger partial charge in [-0.1, -0.05) is 17.7 Å². The van der Waals surface area contributed by atoms with Crippen LogP contribution >= 0.6 is 47.6 Å². The maximum atomic E-state index is 12.6. The SMILES string of the molecule is COc1cccc(C(=O)N(Cl)N(Cl)C(C)(C)CC(=O)c2ccc(Cl)cc2)c1.Cl. The average Bonchev–Trinajstić information content (AvgIpc) is 2.66. The molecule has 0 aliphatic rings. The average molecular weight is 466 g/mol. The second-order valence-corrected chi connectivity index (χ2v) is 7.55. The Bertz CT molecular complexity index is 828. The summed E-state index contributed by atoms with van der Waals surface area (Å²) in [6, 6.07) is 13.1. The van der Waals surface area contributed by atoms with E-state index >= 15 is 0 Å². The molecule has 0 spiro atoms. The van der Waals surface area contributed by atoms with E-state index in [1.165, 1.54) is 7.11 Å². The van der Waals surface area contributed by atoms with E-state index in [9.17, 15) is 9.59 Å². The molecule has 0 radical (unpaired) electrons. The van der Waals surface area contributed by atoms with Crippen LogP contribution in [0, 0.1) is 0 Å². The van der Waals surface area contributed by atoms with Crippen molar-refractivity contribution in [1.82, 2.24) is 9.06 Å². The van der Waals surface area contributed by atoms with Gasteiger partial charge in [0.1, 0.15) is 5.75 Å². The number of rotatable bonds is 7. The molecule has 0 aromatic heterocycles. The number of hydrogen-bond donors (Lipinski definition) is 0. The molecule has 0 aliphatic heterocycles. The van der Waals surface area contributed by atoms with E-state index in [0.717, 1.165) is 9.06 Å². The summed E-state index contributed by atoms with van der Waals surface area (Å²) in [7, 11) is 1.50. The molecule has 0 N–H and O–H groups in total. The van der Waals surface area contributed by atoms with Gasteiger partial charge >= 0.3 is 0 Å². The molecule has 2 aromatic carbocycles. The number of amides is 1. The summed E-state index contributed by atoms with van der Waals surface area (Å²) in [4.78, 5) is 25.1. The van der Waals surface area contributed by atoms with E-state index in [1.54, 1.807) is 62.4 Å². The van der Waals surface area contributed by atoms with Crippen LogP contribution in [0.3, 0.4) is 0 Å². The summed E-state index contributed by atoms with van der Waals surface area (Å²) < 4.78 is 6.88. The summed E-state index contributed by atoms with van der Waals surface area (Å²) in [5.74, 6) is -0.178. The molecule has 2 aromatic rings. The van der Waals surface area contributed by atoms with Crippen LogP contribution in [-0.2, 0) is 0 Å². The highest BCUT2D eigenvalue weighted by molar-refractivity contribution is 6.30. The van der Waals surface area contributed by atoms with Crippen LogP contribution in [0.4, 0.5) is 0 Å². The van der Waals surface area contributed by atoms with E-state index in [2.05, 4.69) is 0 Å². The van der Waals surface area contributed by atoms with Crippen LogP contribution < -0.4 is 4.74 Å². The van der Waals surface area contributed by atoms with Gasteiger partial charge in [0, 0.05) is 46.1 Å². The summed E-state index contributed by atoms with van der Waals surface area (Å²) in [5.41, 5.74) is -0.137. The topological polar surface area (TPSA) is 49.9 Å². The van der Waals surface area contributed by atoms with Crippen LogP contribution in [0.5, 0.6) is 5.75 Å². The number of Topliss-reactive ketones (excluding diaryl/α,β-unsaturated/α-hetero) is 1. The van der Waals surface area contributed by atoms with E-state index in [-0.39, 0.29) is 24.6 Å². The van der Waals surface area contributed by atoms with Crippen LogP contribution in [0.1, 0.15) is 41.0 Å². The van der Waals surface area contributed by atoms with Crippen molar-refractivity contribution < 1.29 is 14.3 Å². The van der Waals surface area contributed by atoms with Crippen LogP contribution in [0.25, 0.3) is 0 Å². The number of hydrogen-bond acceptors (Lipinski definition) is 4. The van der Waals surface area contributed by atoms with E-state index < -0.39 is 11.4 Å². The van der Waals surface area contributed by atoms with Crippen molar-refractivity contribution in [2.24, 2.45) is 0 Å². The quantitative estimate of drug-likeness (QED) is 0.295. The minimum atomic E-state index is -0.936. The molecule has 0 bridgehead atoms. The third kappa shape index (κ3) is 6.00. The third-order valence-corrected chi connectivity index (χ3v) is 5.14. The van der Waals surface area contributed by atoms with E-state index in [4.69, 9.17) is 39.9 Å². The van der Waals surface area contributed by atoms with Crippen LogP contribution in [-0.4, -0.2) is 33.4 Å². The fourth-order valence-corrected chi connectivity index (χ4v) is 2.93. The Labute approximate surface area is 185 Å². The first-order valence-electron chi connectivity index (χ1n) is 8.04. The van der Waals surface area contributed by atoms with Crippen molar-refractivity contribution in [2.75, 3.05) is 7.11 Å². The fraction of sp³-hybridized carbons (Fsp3) is 0.263. The Kier molecular flexibility index (Phi) is 9.05. The maximum absolute atomic E-state index is 12.6. The smallest absolute Gasteiger partial charge is 0.284 e. The van der Waals surface area contributed by atoms with Gasteiger partial charge in [-0.05, 0) is 56.3 Å². The van der Waals surface area contributed by atoms with Gasteiger partial charge in [-0.15, -0.1) is 16.9 Å². The summed E-state index contributed by atoms with van der Waals surface area (Å²) in [5, 5.41) is 0.542. The first-order chi connectivity index (χ1) is 12.7. The minimum Gasteiger partial charge on any atom is -0.497 e. The molecule has 1 amide bonds. The predicted octanol–water partition coefficient (Wildman–Crippen LogP) is 5.79. The molecule has 9 heteroatoms. The first kappa shape index (κ1) is 24.5. The van der Waals surface area contributed by atoms with Gasteiger partial charge in [-0.3, -0.25) is 9.59 Å². The Morgan fingerprint density at radius 2 is 1.64 bits per heavy atom. The molecule has 28 heavy (non-hydrogen) atoms. The molecular weight excluding hydrogens is 446 g/mol. The number of nitrogens with zero attached hydrogens (tertiary/aromatic N) is 2. The second kappa shape index (κ2) is 10.3. The number of carbonyl (C=O) groups is 2. The van der Waals surface area contributed by atoms with Crippen LogP contribution in [0.15, 0.2) is 48.5 Å². The highest BCUT2D eigenvalue weighted by Crippen LogP contribution is 2.28. The number of hydrazine groups is 1. The lowest BCUT2D eigenvalue weighted by atomic mass is 9.95. The molecule has 152 valence electrons. The van der Waals surface area contributed by atoms with E-state index in [1.807, 2.05) is 0 Å². The fourth-order valence-electron chi connectivity index (χ4n) is 2.38.